The van der Waals surface area contributed by atoms with E-state index in [0.29, 0.717) is 11.3 Å². The molecule has 24 heavy (non-hydrogen) atoms. The smallest absolute Gasteiger partial charge is 0.254 e. The standard InChI is InChI=1S/C18H21NO4S/c1-12-7-13(2)17(14(3)8-12)18(20)19-9-16(10-19)24(21,22)11-15-5-4-6-23-15/h4-8,16H,9-11H2,1-3H3. The van der Waals surface area contributed by atoms with Crippen molar-refractivity contribution in [1.29, 1.82) is 0 Å². The first-order valence-electron chi connectivity index (χ1n) is 7.89. The molecule has 0 radical (unpaired) electrons. The summed E-state index contributed by atoms with van der Waals surface area (Å²) in [7, 11) is -3.31. The SMILES string of the molecule is Cc1cc(C)c(C(=O)N2CC(S(=O)(=O)Cc3ccco3)C2)c(C)c1. The van der Waals surface area contributed by atoms with Crippen molar-refractivity contribution in [1.82, 2.24) is 4.90 Å². The number of hydrogen-bond donors (Lipinski definition) is 0. The molecule has 0 atom stereocenters. The number of aryl methyl sites for hydroxylation is 3. The van der Waals surface area contributed by atoms with Crippen LogP contribution in [0.4, 0.5) is 0 Å². The largest absolute Gasteiger partial charge is 0.468 e. The molecule has 0 N–H and O–H groups in total. The predicted molar refractivity (Wildman–Crippen MR) is 91.7 cm³/mol. The van der Waals surface area contributed by atoms with Gasteiger partial charge in [0, 0.05) is 18.7 Å². The van der Waals surface area contributed by atoms with Crippen molar-refractivity contribution < 1.29 is 17.6 Å². The van der Waals surface area contributed by atoms with Crippen molar-refractivity contribution >= 4 is 15.7 Å². The molecule has 0 aliphatic carbocycles. The van der Waals surface area contributed by atoms with Crippen LogP contribution in [0.25, 0.3) is 0 Å². The Labute approximate surface area is 142 Å². The van der Waals surface area contributed by atoms with Crippen molar-refractivity contribution in [3.8, 4) is 0 Å². The van der Waals surface area contributed by atoms with Crippen LogP contribution in [0.1, 0.15) is 32.8 Å². The molecule has 6 heteroatoms. The summed E-state index contributed by atoms with van der Waals surface area (Å²) < 4.78 is 29.8. The number of rotatable bonds is 4. The summed E-state index contributed by atoms with van der Waals surface area (Å²) in [6, 6.07) is 7.28. The lowest BCUT2D eigenvalue weighted by atomic mass is 9.97. The van der Waals surface area contributed by atoms with Crippen molar-refractivity contribution in [3.63, 3.8) is 0 Å². The van der Waals surface area contributed by atoms with E-state index < -0.39 is 15.1 Å². The fraction of sp³-hybridized carbons (Fsp3) is 0.389. The van der Waals surface area contributed by atoms with E-state index in [9.17, 15) is 13.2 Å². The third kappa shape index (κ3) is 3.11. The zero-order valence-electron chi connectivity index (χ0n) is 14.1. The number of sulfone groups is 1. The highest BCUT2D eigenvalue weighted by atomic mass is 32.2. The fourth-order valence-corrected chi connectivity index (χ4v) is 4.83. The summed E-state index contributed by atoms with van der Waals surface area (Å²) in [5.74, 6) is 0.231. The number of hydrogen-bond acceptors (Lipinski definition) is 4. The first-order chi connectivity index (χ1) is 11.3. The topological polar surface area (TPSA) is 67.6 Å². The molecule has 1 aliphatic heterocycles. The Hall–Kier alpha value is -2.08. The van der Waals surface area contributed by atoms with E-state index in [1.807, 2.05) is 32.9 Å². The molecule has 3 rings (SSSR count). The van der Waals surface area contributed by atoms with E-state index in [1.165, 1.54) is 6.26 Å². The van der Waals surface area contributed by atoms with E-state index in [-0.39, 0.29) is 24.7 Å². The van der Waals surface area contributed by atoms with Gasteiger partial charge >= 0.3 is 0 Å². The average Bonchev–Trinajstić information content (AvgIpc) is 2.87. The second-order valence-electron chi connectivity index (χ2n) is 6.49. The molecular weight excluding hydrogens is 326 g/mol. The lowest BCUT2D eigenvalue weighted by Crippen LogP contribution is -2.57. The first-order valence-corrected chi connectivity index (χ1v) is 9.60. The van der Waals surface area contributed by atoms with Gasteiger partial charge in [0.2, 0.25) is 0 Å². The summed E-state index contributed by atoms with van der Waals surface area (Å²) in [6.07, 6.45) is 1.46. The molecule has 1 amide bonds. The molecule has 0 bridgehead atoms. The van der Waals surface area contributed by atoms with Crippen LogP contribution in [-0.2, 0) is 15.6 Å². The van der Waals surface area contributed by atoms with E-state index in [1.54, 1.807) is 17.0 Å². The number of furan rings is 1. The van der Waals surface area contributed by atoms with Crippen LogP contribution in [0.5, 0.6) is 0 Å². The van der Waals surface area contributed by atoms with Crippen molar-refractivity contribution in [3.05, 3.63) is 58.5 Å². The third-order valence-electron chi connectivity index (χ3n) is 4.46. The van der Waals surface area contributed by atoms with Gasteiger partial charge in [0.1, 0.15) is 11.5 Å². The summed E-state index contributed by atoms with van der Waals surface area (Å²) in [4.78, 5) is 14.3. The van der Waals surface area contributed by atoms with Gasteiger partial charge in [0.25, 0.3) is 5.91 Å². The number of carbonyl (C=O) groups excluding carboxylic acids is 1. The lowest BCUT2D eigenvalue weighted by molar-refractivity contribution is 0.0657. The highest BCUT2D eigenvalue weighted by molar-refractivity contribution is 7.91. The maximum Gasteiger partial charge on any atom is 0.254 e. The van der Waals surface area contributed by atoms with Crippen molar-refractivity contribution in [2.45, 2.75) is 31.8 Å². The van der Waals surface area contributed by atoms with E-state index >= 15 is 0 Å². The van der Waals surface area contributed by atoms with Gasteiger partial charge in [-0.1, -0.05) is 17.7 Å². The van der Waals surface area contributed by atoms with Crippen LogP contribution in [0.2, 0.25) is 0 Å². The Morgan fingerprint density at radius 1 is 1.21 bits per heavy atom. The van der Waals surface area contributed by atoms with Gasteiger partial charge in [-0.15, -0.1) is 0 Å². The Bertz CT molecular complexity index is 839. The van der Waals surface area contributed by atoms with E-state index in [4.69, 9.17) is 4.42 Å². The van der Waals surface area contributed by atoms with Crippen LogP contribution in [-0.4, -0.2) is 37.6 Å². The van der Waals surface area contributed by atoms with Gasteiger partial charge in [-0.05, 0) is 44.0 Å². The number of amides is 1. The van der Waals surface area contributed by atoms with Gasteiger partial charge < -0.3 is 9.32 Å². The molecule has 1 aromatic carbocycles. The van der Waals surface area contributed by atoms with Crippen LogP contribution in [0, 0.1) is 20.8 Å². The second-order valence-corrected chi connectivity index (χ2v) is 8.77. The zero-order chi connectivity index (χ0) is 17.5. The molecular formula is C18H21NO4S. The second kappa shape index (κ2) is 6.09. The quantitative estimate of drug-likeness (QED) is 0.853. The monoisotopic (exact) mass is 347 g/mol. The summed E-state index contributed by atoms with van der Waals surface area (Å²) in [5.41, 5.74) is 3.66. The van der Waals surface area contributed by atoms with Gasteiger partial charge in [0.15, 0.2) is 9.84 Å². The molecule has 2 aromatic rings. The first kappa shape index (κ1) is 16.8. The number of nitrogens with zero attached hydrogens (tertiary/aromatic N) is 1. The molecule has 0 saturated carbocycles. The molecule has 0 unspecified atom stereocenters. The Balaban J connectivity index is 1.69. The van der Waals surface area contributed by atoms with Gasteiger partial charge in [-0.25, -0.2) is 8.42 Å². The van der Waals surface area contributed by atoms with Crippen LogP contribution in [0.3, 0.4) is 0 Å². The highest BCUT2D eigenvalue weighted by Crippen LogP contribution is 2.25. The molecule has 0 spiro atoms. The summed E-state index contributed by atoms with van der Waals surface area (Å²) in [6.45, 7) is 6.31. The molecule has 2 heterocycles. The number of carbonyl (C=O) groups is 1. The van der Waals surface area contributed by atoms with Crippen molar-refractivity contribution in [2.75, 3.05) is 13.1 Å². The Morgan fingerprint density at radius 2 is 1.83 bits per heavy atom. The summed E-state index contributed by atoms with van der Waals surface area (Å²) in [5, 5.41) is -0.516. The minimum atomic E-state index is -3.31. The zero-order valence-corrected chi connectivity index (χ0v) is 14.9. The lowest BCUT2D eigenvalue weighted by Gasteiger charge is -2.39. The molecule has 1 aromatic heterocycles. The fourth-order valence-electron chi connectivity index (χ4n) is 3.22. The molecule has 128 valence electrons. The maximum absolute atomic E-state index is 12.7. The Morgan fingerprint density at radius 3 is 2.38 bits per heavy atom. The minimum absolute atomic E-state index is 0.0885. The minimum Gasteiger partial charge on any atom is -0.468 e. The van der Waals surface area contributed by atoms with Crippen LogP contribution < -0.4 is 0 Å². The number of likely N-dealkylation sites (tertiary alicyclic amines) is 1. The van der Waals surface area contributed by atoms with E-state index in [0.717, 1.165) is 16.7 Å². The predicted octanol–water partition coefficient (Wildman–Crippen LogP) is 2.64. The molecule has 1 aliphatic rings. The van der Waals surface area contributed by atoms with Gasteiger partial charge in [0.05, 0.1) is 11.5 Å². The van der Waals surface area contributed by atoms with Crippen molar-refractivity contribution in [2.24, 2.45) is 0 Å². The maximum atomic E-state index is 12.7. The highest BCUT2D eigenvalue weighted by Gasteiger charge is 2.40. The molecule has 1 saturated heterocycles. The third-order valence-corrected chi connectivity index (χ3v) is 6.46. The number of benzene rings is 1. The van der Waals surface area contributed by atoms with Gasteiger partial charge in [-0.2, -0.15) is 0 Å². The van der Waals surface area contributed by atoms with Gasteiger partial charge in [-0.3, -0.25) is 4.79 Å². The molecule has 1 fully saturated rings. The normalized spacial score (nSPS) is 15.4. The average molecular weight is 347 g/mol. The van der Waals surface area contributed by atoms with Crippen LogP contribution in [0.15, 0.2) is 34.9 Å². The summed E-state index contributed by atoms with van der Waals surface area (Å²) >= 11 is 0. The Kier molecular flexibility index (Phi) is 4.25. The van der Waals surface area contributed by atoms with Crippen LogP contribution >= 0.6 is 0 Å². The van der Waals surface area contributed by atoms with E-state index in [2.05, 4.69) is 0 Å². The molecule has 5 nitrogen and oxygen atoms in total.